The molecule has 0 aromatic heterocycles. The van der Waals surface area contributed by atoms with Crippen molar-refractivity contribution in [3.63, 3.8) is 0 Å². The van der Waals surface area contributed by atoms with Crippen molar-refractivity contribution in [3.8, 4) is 11.5 Å². The van der Waals surface area contributed by atoms with Crippen molar-refractivity contribution in [2.75, 3.05) is 19.8 Å². The number of alkyl carbamates (subject to hydrolysis) is 1. The summed E-state index contributed by atoms with van der Waals surface area (Å²) in [5, 5.41) is 4.25. The van der Waals surface area contributed by atoms with Crippen LogP contribution in [-0.2, 0) is 19.1 Å². The first-order chi connectivity index (χ1) is 14.0. The van der Waals surface area contributed by atoms with Gasteiger partial charge in [0.25, 0.3) is 11.8 Å². The summed E-state index contributed by atoms with van der Waals surface area (Å²) in [5.74, 6) is -0.943. The smallest absolute Gasteiger partial charge is 0.413 e. The van der Waals surface area contributed by atoms with E-state index in [-0.39, 0.29) is 6.61 Å². The van der Waals surface area contributed by atoms with E-state index in [9.17, 15) is 19.2 Å². The van der Waals surface area contributed by atoms with Gasteiger partial charge in [-0.05, 0) is 43.3 Å². The summed E-state index contributed by atoms with van der Waals surface area (Å²) in [4.78, 5) is 46.1. The second-order valence-corrected chi connectivity index (χ2v) is 5.55. The molecule has 9 heteroatoms. The van der Waals surface area contributed by atoms with Crippen LogP contribution in [0.25, 0.3) is 0 Å². The second kappa shape index (κ2) is 11.1. The van der Waals surface area contributed by atoms with E-state index in [0.717, 1.165) is 0 Å². The molecule has 2 rings (SSSR count). The third-order valence-electron chi connectivity index (χ3n) is 3.37. The molecule has 9 nitrogen and oxygen atoms in total. The number of esters is 1. The Bertz CT molecular complexity index is 851. The fourth-order valence-corrected chi connectivity index (χ4v) is 2.07. The Hall–Kier alpha value is -3.88. The first-order valence-corrected chi connectivity index (χ1v) is 8.71. The van der Waals surface area contributed by atoms with Crippen molar-refractivity contribution in [3.05, 3.63) is 60.2 Å². The first-order valence-electron chi connectivity index (χ1n) is 8.71. The van der Waals surface area contributed by atoms with Crippen molar-refractivity contribution in [2.45, 2.75) is 6.92 Å². The molecule has 0 heterocycles. The van der Waals surface area contributed by atoms with Gasteiger partial charge in [0, 0.05) is 5.56 Å². The van der Waals surface area contributed by atoms with E-state index < -0.39 is 37.0 Å². The van der Waals surface area contributed by atoms with Gasteiger partial charge in [-0.2, -0.15) is 0 Å². The molecule has 2 aromatic carbocycles. The number of carbonyl (C=O) groups is 4. The summed E-state index contributed by atoms with van der Waals surface area (Å²) < 4.78 is 14.8. The molecule has 0 unspecified atom stereocenters. The minimum atomic E-state index is -0.929. The molecule has 3 amide bonds. The molecule has 0 aliphatic heterocycles. The average molecular weight is 400 g/mol. The predicted octanol–water partition coefficient (Wildman–Crippen LogP) is 2.02. The van der Waals surface area contributed by atoms with Gasteiger partial charge >= 0.3 is 12.1 Å². The molecule has 0 radical (unpaired) electrons. The van der Waals surface area contributed by atoms with Gasteiger partial charge in [0.2, 0.25) is 0 Å². The lowest BCUT2D eigenvalue weighted by Gasteiger charge is -2.08. The maximum atomic E-state index is 12.1. The second-order valence-electron chi connectivity index (χ2n) is 5.55. The number of benzene rings is 2. The molecule has 0 saturated carbocycles. The van der Waals surface area contributed by atoms with Crippen LogP contribution in [0.4, 0.5) is 4.79 Å². The van der Waals surface area contributed by atoms with Gasteiger partial charge in [-0.3, -0.25) is 19.7 Å². The Morgan fingerprint density at radius 3 is 2.17 bits per heavy atom. The highest BCUT2D eigenvalue weighted by atomic mass is 16.6. The number of nitrogens with one attached hydrogen (secondary N) is 2. The number of ether oxygens (including phenoxy) is 3. The summed E-state index contributed by atoms with van der Waals surface area (Å²) in [6.45, 7) is 0.577. The van der Waals surface area contributed by atoms with Crippen LogP contribution in [0.5, 0.6) is 11.5 Å². The zero-order chi connectivity index (χ0) is 21.1. The van der Waals surface area contributed by atoms with Gasteiger partial charge < -0.3 is 19.5 Å². The Kier molecular flexibility index (Phi) is 8.18. The molecule has 0 spiro atoms. The van der Waals surface area contributed by atoms with Crippen molar-refractivity contribution in [2.24, 2.45) is 0 Å². The summed E-state index contributed by atoms with van der Waals surface area (Å²) in [5.41, 5.74) is 0.318. The Morgan fingerprint density at radius 2 is 1.52 bits per heavy atom. The minimum absolute atomic E-state index is 0.101. The van der Waals surface area contributed by atoms with Gasteiger partial charge in [-0.15, -0.1) is 0 Å². The number of carbonyl (C=O) groups excluding carboxylic acids is 4. The zero-order valence-corrected chi connectivity index (χ0v) is 15.7. The van der Waals surface area contributed by atoms with Gasteiger partial charge in [0.05, 0.1) is 6.61 Å². The molecule has 0 saturated heterocycles. The largest absolute Gasteiger partial charge is 0.457 e. The number of amides is 3. The van der Waals surface area contributed by atoms with Crippen LogP contribution in [0.15, 0.2) is 54.6 Å². The maximum Gasteiger partial charge on any atom is 0.413 e. The normalized spacial score (nSPS) is 9.83. The topological polar surface area (TPSA) is 120 Å². The van der Waals surface area contributed by atoms with Crippen molar-refractivity contribution >= 4 is 23.9 Å². The molecular weight excluding hydrogens is 380 g/mol. The molecular formula is C20H20N2O7. The van der Waals surface area contributed by atoms with Crippen LogP contribution in [0, 0.1) is 0 Å². The maximum absolute atomic E-state index is 12.1. The van der Waals surface area contributed by atoms with Gasteiger partial charge in [-0.1, -0.05) is 18.2 Å². The minimum Gasteiger partial charge on any atom is -0.457 e. The fourth-order valence-electron chi connectivity index (χ4n) is 2.07. The third-order valence-corrected chi connectivity index (χ3v) is 3.37. The standard InChI is InChI=1S/C20H20N2O7/c1-2-27-20(26)22-17(23)13-28-18(24)12-21-19(25)14-8-10-16(11-9-14)29-15-6-4-3-5-7-15/h3-11H,2,12-13H2,1H3,(H,21,25)(H,22,23,26). The van der Waals surface area contributed by atoms with Crippen molar-refractivity contribution in [1.82, 2.24) is 10.6 Å². The number of para-hydroxylation sites is 1. The van der Waals surface area contributed by atoms with E-state index in [1.165, 1.54) is 0 Å². The lowest BCUT2D eigenvalue weighted by atomic mass is 10.2. The van der Waals surface area contributed by atoms with Crippen LogP contribution in [0.2, 0.25) is 0 Å². The summed E-state index contributed by atoms with van der Waals surface area (Å²) in [7, 11) is 0. The quantitative estimate of drug-likeness (QED) is 0.651. The molecule has 2 aromatic rings. The van der Waals surface area contributed by atoms with Crippen LogP contribution in [-0.4, -0.2) is 43.6 Å². The van der Waals surface area contributed by atoms with Gasteiger partial charge in [0.15, 0.2) is 6.61 Å². The lowest BCUT2D eigenvalue weighted by Crippen LogP contribution is -2.36. The lowest BCUT2D eigenvalue weighted by molar-refractivity contribution is -0.147. The number of hydrogen-bond acceptors (Lipinski definition) is 7. The third kappa shape index (κ3) is 7.71. The molecule has 29 heavy (non-hydrogen) atoms. The summed E-state index contributed by atoms with van der Waals surface area (Å²) in [6.07, 6.45) is -0.929. The van der Waals surface area contributed by atoms with E-state index in [1.54, 1.807) is 43.3 Å². The Balaban J connectivity index is 1.73. The highest BCUT2D eigenvalue weighted by molar-refractivity contribution is 5.96. The number of imide groups is 1. The van der Waals surface area contributed by atoms with E-state index >= 15 is 0 Å². The van der Waals surface area contributed by atoms with Crippen LogP contribution in [0.1, 0.15) is 17.3 Å². The monoisotopic (exact) mass is 400 g/mol. The summed E-state index contributed by atoms with van der Waals surface area (Å²) >= 11 is 0. The summed E-state index contributed by atoms with van der Waals surface area (Å²) in [6, 6.07) is 15.5. The van der Waals surface area contributed by atoms with Crippen LogP contribution < -0.4 is 15.4 Å². The van der Waals surface area contributed by atoms with Gasteiger partial charge in [0.1, 0.15) is 18.0 Å². The molecule has 0 aliphatic carbocycles. The Morgan fingerprint density at radius 1 is 0.862 bits per heavy atom. The molecule has 2 N–H and O–H groups in total. The van der Waals surface area contributed by atoms with Crippen LogP contribution >= 0.6 is 0 Å². The van der Waals surface area contributed by atoms with E-state index in [4.69, 9.17) is 4.74 Å². The number of rotatable bonds is 8. The molecule has 0 atom stereocenters. The van der Waals surface area contributed by atoms with Gasteiger partial charge in [-0.25, -0.2) is 4.79 Å². The van der Waals surface area contributed by atoms with E-state index in [0.29, 0.717) is 17.1 Å². The molecule has 0 aliphatic rings. The highest BCUT2D eigenvalue weighted by Crippen LogP contribution is 2.21. The predicted molar refractivity (Wildman–Crippen MR) is 101 cm³/mol. The Labute approximate surface area is 166 Å². The molecule has 0 fully saturated rings. The zero-order valence-electron chi connectivity index (χ0n) is 15.7. The number of hydrogen-bond donors (Lipinski definition) is 2. The average Bonchev–Trinajstić information content (AvgIpc) is 2.72. The van der Waals surface area contributed by atoms with E-state index in [1.807, 2.05) is 23.5 Å². The molecule has 152 valence electrons. The highest BCUT2D eigenvalue weighted by Gasteiger charge is 2.13. The first kappa shape index (κ1) is 21.4. The van der Waals surface area contributed by atoms with Crippen molar-refractivity contribution in [1.29, 1.82) is 0 Å². The van der Waals surface area contributed by atoms with Crippen molar-refractivity contribution < 1.29 is 33.4 Å². The van der Waals surface area contributed by atoms with E-state index in [2.05, 4.69) is 14.8 Å². The fraction of sp³-hybridized carbons (Fsp3) is 0.200. The SMILES string of the molecule is CCOC(=O)NC(=O)COC(=O)CNC(=O)c1ccc(Oc2ccccc2)cc1. The molecule has 0 bridgehead atoms. The van der Waals surface area contributed by atoms with Crippen LogP contribution in [0.3, 0.4) is 0 Å².